The summed E-state index contributed by atoms with van der Waals surface area (Å²) in [6, 6.07) is 3.97. The first-order valence-corrected chi connectivity index (χ1v) is 6.62. The maximum atomic E-state index is 12.9. The lowest BCUT2D eigenvalue weighted by molar-refractivity contribution is -0.155. The van der Waals surface area contributed by atoms with Crippen LogP contribution in [0.2, 0.25) is 0 Å². The van der Waals surface area contributed by atoms with E-state index in [0.717, 1.165) is 18.2 Å². The Balaban J connectivity index is 2.04. The Hall–Kier alpha value is -2.85. The Morgan fingerprint density at radius 3 is 2.24 bits per heavy atom. The van der Waals surface area contributed by atoms with Crippen molar-refractivity contribution in [3.63, 3.8) is 0 Å². The molecule has 11 heteroatoms. The molecule has 0 unspecified atom stereocenters. The first kappa shape index (κ1) is 17.0. The van der Waals surface area contributed by atoms with Gasteiger partial charge in [-0.15, -0.1) is 10.2 Å². The third kappa shape index (κ3) is 3.21. The van der Waals surface area contributed by atoms with Gasteiger partial charge in [-0.05, 0) is 25.1 Å². The fourth-order valence-corrected chi connectivity index (χ4v) is 2.08. The van der Waals surface area contributed by atoms with Crippen LogP contribution in [-0.4, -0.2) is 15.4 Å². The fraction of sp³-hybridized carbons (Fsp3) is 0.214. The number of hydrogen-bond donors (Lipinski definition) is 0. The lowest BCUT2D eigenvalue weighted by Gasteiger charge is -2.06. The number of benzene rings is 1. The van der Waals surface area contributed by atoms with Gasteiger partial charge in [0.15, 0.2) is 0 Å². The summed E-state index contributed by atoms with van der Waals surface area (Å²) in [5.41, 5.74) is -1.75. The quantitative estimate of drug-likeness (QED) is 0.616. The SMILES string of the molecule is Cc1noc(C(F)(F)F)c1-c1nnc(-c2cccc(C(F)(F)F)c2)o1. The molecule has 0 bridgehead atoms. The van der Waals surface area contributed by atoms with Crippen molar-refractivity contribution in [1.29, 1.82) is 0 Å². The van der Waals surface area contributed by atoms with Gasteiger partial charge in [-0.1, -0.05) is 11.2 Å². The normalized spacial score (nSPS) is 12.6. The highest BCUT2D eigenvalue weighted by molar-refractivity contribution is 5.62. The zero-order valence-corrected chi connectivity index (χ0v) is 12.2. The largest absolute Gasteiger partial charge is 0.453 e. The summed E-state index contributed by atoms with van der Waals surface area (Å²) in [6.45, 7) is 1.24. The van der Waals surface area contributed by atoms with E-state index in [1.54, 1.807) is 0 Å². The average molecular weight is 363 g/mol. The Bertz CT molecular complexity index is 910. The average Bonchev–Trinajstić information content (AvgIpc) is 3.12. The zero-order valence-electron chi connectivity index (χ0n) is 12.2. The number of hydrogen-bond acceptors (Lipinski definition) is 5. The number of nitrogens with zero attached hydrogens (tertiary/aromatic N) is 3. The van der Waals surface area contributed by atoms with Gasteiger partial charge in [0.1, 0.15) is 5.56 Å². The van der Waals surface area contributed by atoms with Crippen LogP contribution in [0.5, 0.6) is 0 Å². The molecule has 0 N–H and O–H groups in total. The Labute approximate surface area is 135 Å². The Morgan fingerprint density at radius 2 is 1.60 bits per heavy atom. The molecule has 1 aromatic carbocycles. The number of aryl methyl sites for hydroxylation is 1. The van der Waals surface area contributed by atoms with Crippen LogP contribution < -0.4 is 0 Å². The molecule has 25 heavy (non-hydrogen) atoms. The van der Waals surface area contributed by atoms with Gasteiger partial charge in [0.05, 0.1) is 11.3 Å². The number of aromatic nitrogens is 3. The van der Waals surface area contributed by atoms with Crippen LogP contribution in [0, 0.1) is 6.92 Å². The van der Waals surface area contributed by atoms with E-state index in [2.05, 4.69) is 19.9 Å². The van der Waals surface area contributed by atoms with E-state index < -0.39 is 35.1 Å². The molecule has 0 saturated carbocycles. The summed E-state index contributed by atoms with van der Waals surface area (Å²) >= 11 is 0. The minimum absolute atomic E-state index is 0.0868. The summed E-state index contributed by atoms with van der Waals surface area (Å²) in [5, 5.41) is 10.2. The number of alkyl halides is 6. The summed E-state index contributed by atoms with van der Waals surface area (Å²) in [7, 11) is 0. The second-order valence-electron chi connectivity index (χ2n) is 4.96. The molecule has 0 atom stereocenters. The summed E-state index contributed by atoms with van der Waals surface area (Å²) in [4.78, 5) is 0. The van der Waals surface area contributed by atoms with Gasteiger partial charge in [-0.2, -0.15) is 26.3 Å². The van der Waals surface area contributed by atoms with E-state index >= 15 is 0 Å². The molecule has 0 aliphatic carbocycles. The molecule has 132 valence electrons. The molecular weight excluding hydrogens is 356 g/mol. The molecule has 0 spiro atoms. The summed E-state index contributed by atoms with van der Waals surface area (Å²) in [5.74, 6) is -2.35. The van der Waals surface area contributed by atoms with Crippen LogP contribution in [0.15, 0.2) is 33.2 Å². The van der Waals surface area contributed by atoms with Crippen LogP contribution in [-0.2, 0) is 12.4 Å². The molecule has 2 aromatic heterocycles. The predicted octanol–water partition coefficient (Wildman–Crippen LogP) is 4.74. The lowest BCUT2D eigenvalue weighted by Crippen LogP contribution is -2.05. The van der Waals surface area contributed by atoms with Crippen LogP contribution in [0.1, 0.15) is 17.0 Å². The molecule has 3 rings (SSSR count). The zero-order chi connectivity index (χ0) is 18.4. The van der Waals surface area contributed by atoms with Crippen LogP contribution >= 0.6 is 0 Å². The maximum Gasteiger partial charge on any atom is 0.453 e. The van der Waals surface area contributed by atoms with Crippen molar-refractivity contribution in [2.24, 2.45) is 0 Å². The van der Waals surface area contributed by atoms with Crippen molar-refractivity contribution in [1.82, 2.24) is 15.4 Å². The Morgan fingerprint density at radius 1 is 0.920 bits per heavy atom. The van der Waals surface area contributed by atoms with Crippen molar-refractivity contribution in [3.05, 3.63) is 41.3 Å². The molecule has 0 aliphatic rings. The Kier molecular flexibility index (Phi) is 3.81. The first-order valence-electron chi connectivity index (χ1n) is 6.62. The second-order valence-corrected chi connectivity index (χ2v) is 4.96. The highest BCUT2D eigenvalue weighted by Crippen LogP contribution is 2.39. The second kappa shape index (κ2) is 5.60. The standard InChI is InChI=1S/C14H7F6N3O2/c1-6-9(10(25-23-6)14(18,19)20)12-22-21-11(24-12)7-3-2-4-8(5-7)13(15,16)17/h2-5H,1H3. The fourth-order valence-electron chi connectivity index (χ4n) is 2.08. The molecule has 0 saturated heterocycles. The topological polar surface area (TPSA) is 65.0 Å². The molecule has 0 fully saturated rings. The van der Waals surface area contributed by atoms with Gasteiger partial charge in [0.25, 0.3) is 11.7 Å². The van der Waals surface area contributed by atoms with Crippen LogP contribution in [0.4, 0.5) is 26.3 Å². The van der Waals surface area contributed by atoms with E-state index in [-0.39, 0.29) is 17.1 Å². The molecular formula is C14H7F6N3O2. The maximum absolute atomic E-state index is 12.9. The van der Waals surface area contributed by atoms with E-state index in [4.69, 9.17) is 4.42 Å². The van der Waals surface area contributed by atoms with Gasteiger partial charge < -0.3 is 8.94 Å². The van der Waals surface area contributed by atoms with Gasteiger partial charge in [-0.3, -0.25) is 0 Å². The van der Waals surface area contributed by atoms with E-state index in [0.29, 0.717) is 0 Å². The van der Waals surface area contributed by atoms with E-state index in [9.17, 15) is 26.3 Å². The minimum atomic E-state index is -4.85. The highest BCUT2D eigenvalue weighted by Gasteiger charge is 2.42. The number of rotatable bonds is 2. The van der Waals surface area contributed by atoms with Crippen molar-refractivity contribution in [2.75, 3.05) is 0 Å². The number of halogens is 6. The van der Waals surface area contributed by atoms with Crippen LogP contribution in [0.3, 0.4) is 0 Å². The molecule has 3 aromatic rings. The molecule has 5 nitrogen and oxygen atoms in total. The lowest BCUT2D eigenvalue weighted by atomic mass is 10.1. The third-order valence-corrected chi connectivity index (χ3v) is 3.20. The monoisotopic (exact) mass is 363 g/mol. The smallest absolute Gasteiger partial charge is 0.416 e. The minimum Gasteiger partial charge on any atom is -0.416 e. The molecule has 0 amide bonds. The van der Waals surface area contributed by atoms with Crippen molar-refractivity contribution in [3.8, 4) is 22.9 Å². The van der Waals surface area contributed by atoms with Crippen molar-refractivity contribution in [2.45, 2.75) is 19.3 Å². The summed E-state index contributed by atoms with van der Waals surface area (Å²) < 4.78 is 86.3. The molecule has 2 heterocycles. The van der Waals surface area contributed by atoms with Crippen LogP contribution in [0.25, 0.3) is 22.9 Å². The first-order chi connectivity index (χ1) is 11.6. The van der Waals surface area contributed by atoms with E-state index in [1.807, 2.05) is 0 Å². The van der Waals surface area contributed by atoms with E-state index in [1.165, 1.54) is 13.0 Å². The van der Waals surface area contributed by atoms with Gasteiger partial charge in [0, 0.05) is 5.56 Å². The predicted molar refractivity (Wildman–Crippen MR) is 70.0 cm³/mol. The molecule has 0 radical (unpaired) electrons. The van der Waals surface area contributed by atoms with Gasteiger partial charge in [0.2, 0.25) is 5.89 Å². The highest BCUT2D eigenvalue weighted by atomic mass is 19.4. The third-order valence-electron chi connectivity index (χ3n) is 3.20. The molecule has 0 aliphatic heterocycles. The van der Waals surface area contributed by atoms with Gasteiger partial charge >= 0.3 is 12.4 Å². The van der Waals surface area contributed by atoms with Crippen molar-refractivity contribution < 1.29 is 35.3 Å². The van der Waals surface area contributed by atoms with Crippen molar-refractivity contribution >= 4 is 0 Å². The summed E-state index contributed by atoms with van der Waals surface area (Å²) in [6.07, 6.45) is -9.44. The van der Waals surface area contributed by atoms with Gasteiger partial charge in [-0.25, -0.2) is 0 Å².